The normalized spacial score (nSPS) is 15.4. The minimum atomic E-state index is -1.01. The molecule has 1 atom stereocenters. The van der Waals surface area contributed by atoms with Crippen molar-refractivity contribution in [1.29, 1.82) is 0 Å². The van der Waals surface area contributed by atoms with Crippen LogP contribution < -0.4 is 5.32 Å². The van der Waals surface area contributed by atoms with Gasteiger partial charge in [-0.05, 0) is 31.4 Å². The molecule has 0 bridgehead atoms. The molecular formula is C15H17NO4. The van der Waals surface area contributed by atoms with Crippen molar-refractivity contribution in [3.05, 3.63) is 35.4 Å². The number of ketones is 1. The molecule has 0 aromatic heterocycles. The fraction of sp³-hybridized carbons (Fsp3) is 0.400. The van der Waals surface area contributed by atoms with E-state index in [2.05, 4.69) is 5.32 Å². The topological polar surface area (TPSA) is 83.5 Å². The molecule has 1 aliphatic carbocycles. The quantitative estimate of drug-likeness (QED) is 0.776. The number of benzene rings is 1. The highest BCUT2D eigenvalue weighted by molar-refractivity contribution is 5.98. The number of amides is 1. The van der Waals surface area contributed by atoms with Gasteiger partial charge in [-0.3, -0.25) is 9.59 Å². The van der Waals surface area contributed by atoms with Gasteiger partial charge in [0.1, 0.15) is 6.04 Å². The number of carboxylic acid groups (broad SMARTS) is 1. The van der Waals surface area contributed by atoms with Crippen LogP contribution in [0, 0.1) is 5.92 Å². The van der Waals surface area contributed by atoms with Crippen molar-refractivity contribution < 1.29 is 19.5 Å². The van der Waals surface area contributed by atoms with Crippen LogP contribution in [0.3, 0.4) is 0 Å². The lowest BCUT2D eigenvalue weighted by Crippen LogP contribution is -2.41. The van der Waals surface area contributed by atoms with Gasteiger partial charge >= 0.3 is 5.97 Å². The lowest BCUT2D eigenvalue weighted by atomic mass is 10.1. The number of carbonyl (C=O) groups is 3. The second-order valence-corrected chi connectivity index (χ2v) is 5.18. The molecule has 2 rings (SSSR count). The van der Waals surface area contributed by atoms with Gasteiger partial charge in [0.2, 0.25) is 0 Å². The first-order chi connectivity index (χ1) is 9.47. The van der Waals surface area contributed by atoms with Crippen LogP contribution in [0.15, 0.2) is 24.3 Å². The second kappa shape index (κ2) is 5.86. The molecule has 0 spiro atoms. The van der Waals surface area contributed by atoms with Gasteiger partial charge in [0, 0.05) is 11.1 Å². The maximum Gasteiger partial charge on any atom is 0.326 e. The monoisotopic (exact) mass is 275 g/mol. The zero-order valence-corrected chi connectivity index (χ0v) is 11.3. The molecule has 1 saturated carbocycles. The highest BCUT2D eigenvalue weighted by Gasteiger charge is 2.30. The molecule has 0 heterocycles. The van der Waals surface area contributed by atoms with Gasteiger partial charge in [0.05, 0.1) is 0 Å². The van der Waals surface area contributed by atoms with Gasteiger partial charge in [-0.25, -0.2) is 4.79 Å². The summed E-state index contributed by atoms with van der Waals surface area (Å²) in [5.74, 6) is -1.09. The third-order valence-corrected chi connectivity index (χ3v) is 3.42. The number of rotatable bonds is 6. The number of aliphatic carboxylic acids is 1. The molecule has 1 aromatic rings. The van der Waals surface area contributed by atoms with E-state index in [9.17, 15) is 14.4 Å². The summed E-state index contributed by atoms with van der Waals surface area (Å²) < 4.78 is 0. The minimum Gasteiger partial charge on any atom is -0.480 e. The van der Waals surface area contributed by atoms with Crippen LogP contribution in [0.2, 0.25) is 0 Å². The van der Waals surface area contributed by atoms with Crippen molar-refractivity contribution in [3.8, 4) is 0 Å². The Bertz CT molecular complexity index is 531. The molecule has 5 nitrogen and oxygen atoms in total. The molecule has 1 aliphatic rings. The van der Waals surface area contributed by atoms with Crippen LogP contribution in [0.5, 0.6) is 0 Å². The van der Waals surface area contributed by atoms with E-state index in [0.29, 0.717) is 23.5 Å². The summed E-state index contributed by atoms with van der Waals surface area (Å²) in [5.41, 5.74) is 0.881. The molecule has 2 N–H and O–H groups in total. The first-order valence-electron chi connectivity index (χ1n) is 6.62. The zero-order valence-electron chi connectivity index (χ0n) is 11.3. The predicted octanol–water partition coefficient (Wildman–Crippen LogP) is 1.87. The van der Waals surface area contributed by atoms with Gasteiger partial charge in [-0.2, -0.15) is 0 Å². The largest absolute Gasteiger partial charge is 0.480 e. The van der Waals surface area contributed by atoms with Gasteiger partial charge < -0.3 is 10.4 Å². The third-order valence-electron chi connectivity index (χ3n) is 3.42. The van der Waals surface area contributed by atoms with Crippen LogP contribution in [-0.2, 0) is 4.79 Å². The summed E-state index contributed by atoms with van der Waals surface area (Å²) >= 11 is 0. The number of nitrogens with one attached hydrogen (secondary N) is 1. The highest BCUT2D eigenvalue weighted by atomic mass is 16.4. The zero-order chi connectivity index (χ0) is 14.7. The maximum absolute atomic E-state index is 12.0. The summed E-state index contributed by atoms with van der Waals surface area (Å²) in [4.78, 5) is 34.2. The predicted molar refractivity (Wildman–Crippen MR) is 72.7 cm³/mol. The number of Topliss-reactive ketones (excluding diaryl/α,β-unsaturated/α-hetero) is 1. The Labute approximate surface area is 117 Å². The Balaban J connectivity index is 2.01. The number of hydrogen-bond acceptors (Lipinski definition) is 3. The molecule has 0 saturated heterocycles. The minimum absolute atomic E-state index is 0.0749. The molecule has 1 amide bonds. The second-order valence-electron chi connectivity index (χ2n) is 5.18. The molecule has 5 heteroatoms. The number of carbonyl (C=O) groups excluding carboxylic acids is 2. The van der Waals surface area contributed by atoms with Crippen molar-refractivity contribution >= 4 is 17.7 Å². The fourth-order valence-corrected chi connectivity index (χ4v) is 2.01. The maximum atomic E-state index is 12.0. The van der Waals surface area contributed by atoms with Gasteiger partial charge in [0.15, 0.2) is 5.78 Å². The van der Waals surface area contributed by atoms with E-state index in [4.69, 9.17) is 5.11 Å². The standard InChI is InChI=1S/C15H17NO4/c1-9(17)11-4-6-12(7-5-11)14(18)16-13(15(19)20)8-10-2-3-10/h4-7,10,13H,2-3,8H2,1H3,(H,16,18)(H,19,20). The average Bonchev–Trinajstić information content (AvgIpc) is 3.21. The van der Waals surface area contributed by atoms with Gasteiger partial charge in [0.25, 0.3) is 5.91 Å². The van der Waals surface area contributed by atoms with Crippen LogP contribution in [0.25, 0.3) is 0 Å². The summed E-state index contributed by atoms with van der Waals surface area (Å²) in [5, 5.41) is 11.6. The molecule has 106 valence electrons. The van der Waals surface area contributed by atoms with Crippen molar-refractivity contribution in [1.82, 2.24) is 5.32 Å². The van der Waals surface area contributed by atoms with Crippen LogP contribution in [0.4, 0.5) is 0 Å². The van der Waals surface area contributed by atoms with Crippen LogP contribution in [0.1, 0.15) is 46.9 Å². The van der Waals surface area contributed by atoms with E-state index < -0.39 is 17.9 Å². The molecule has 1 unspecified atom stereocenters. The van der Waals surface area contributed by atoms with E-state index in [1.807, 2.05) is 0 Å². The Morgan fingerprint density at radius 2 is 1.75 bits per heavy atom. The Hall–Kier alpha value is -2.17. The molecular weight excluding hydrogens is 258 g/mol. The summed E-state index contributed by atoms with van der Waals surface area (Å²) in [7, 11) is 0. The Kier molecular flexibility index (Phi) is 4.17. The van der Waals surface area contributed by atoms with Crippen molar-refractivity contribution in [2.75, 3.05) is 0 Å². The summed E-state index contributed by atoms with van der Waals surface area (Å²) in [6.07, 6.45) is 2.55. The first kappa shape index (κ1) is 14.2. The Morgan fingerprint density at radius 3 is 2.20 bits per heavy atom. The van der Waals surface area contributed by atoms with Crippen molar-refractivity contribution in [2.24, 2.45) is 5.92 Å². The van der Waals surface area contributed by atoms with E-state index >= 15 is 0 Å². The SMILES string of the molecule is CC(=O)c1ccc(C(=O)NC(CC2CC2)C(=O)O)cc1. The van der Waals surface area contributed by atoms with Crippen molar-refractivity contribution in [3.63, 3.8) is 0 Å². The van der Waals surface area contributed by atoms with Crippen molar-refractivity contribution in [2.45, 2.75) is 32.2 Å². The van der Waals surface area contributed by atoms with Crippen LogP contribution >= 0.6 is 0 Å². The van der Waals surface area contributed by atoms with Gasteiger partial charge in [-0.1, -0.05) is 25.0 Å². The molecule has 0 aliphatic heterocycles. The number of hydrogen-bond donors (Lipinski definition) is 2. The van der Waals surface area contributed by atoms with Crippen LogP contribution in [-0.4, -0.2) is 28.8 Å². The van der Waals surface area contributed by atoms with E-state index in [-0.39, 0.29) is 5.78 Å². The fourth-order valence-electron chi connectivity index (χ4n) is 2.01. The lowest BCUT2D eigenvalue weighted by Gasteiger charge is -2.14. The Morgan fingerprint density at radius 1 is 1.20 bits per heavy atom. The molecule has 0 radical (unpaired) electrons. The number of carboxylic acids is 1. The van der Waals surface area contributed by atoms with E-state index in [0.717, 1.165) is 12.8 Å². The summed E-state index contributed by atoms with van der Waals surface area (Å²) in [6, 6.07) is 5.34. The molecule has 20 heavy (non-hydrogen) atoms. The van der Waals surface area contributed by atoms with E-state index in [1.165, 1.54) is 19.1 Å². The smallest absolute Gasteiger partial charge is 0.326 e. The third kappa shape index (κ3) is 3.66. The highest BCUT2D eigenvalue weighted by Crippen LogP contribution is 2.33. The lowest BCUT2D eigenvalue weighted by molar-refractivity contribution is -0.139. The van der Waals surface area contributed by atoms with E-state index in [1.54, 1.807) is 12.1 Å². The first-order valence-corrected chi connectivity index (χ1v) is 6.62. The summed E-state index contributed by atoms with van der Waals surface area (Å²) in [6.45, 7) is 1.45. The molecule has 1 fully saturated rings. The molecule has 1 aromatic carbocycles. The average molecular weight is 275 g/mol. The van der Waals surface area contributed by atoms with Gasteiger partial charge in [-0.15, -0.1) is 0 Å².